The van der Waals surface area contributed by atoms with E-state index >= 15 is 0 Å². The van der Waals surface area contributed by atoms with Crippen LogP contribution in [-0.2, 0) is 0 Å². The first-order chi connectivity index (χ1) is 8.36. The van der Waals surface area contributed by atoms with Gasteiger partial charge in [-0.1, -0.05) is 13.3 Å². The summed E-state index contributed by atoms with van der Waals surface area (Å²) in [4.78, 5) is 6.66. The molecule has 3 fully saturated rings. The molecule has 1 aromatic rings. The molecule has 3 saturated heterocycles. The third-order valence-electron chi connectivity index (χ3n) is 4.33. The second-order valence-electron chi connectivity index (χ2n) is 5.28. The summed E-state index contributed by atoms with van der Waals surface area (Å²) in [7, 11) is 0. The molecule has 0 aromatic carbocycles. The quantitative estimate of drug-likeness (QED) is 0.773. The zero-order valence-electron chi connectivity index (χ0n) is 10.5. The monoisotopic (exact) mass is 228 g/mol. The van der Waals surface area contributed by atoms with Crippen LogP contribution in [0.15, 0.2) is 30.2 Å². The van der Waals surface area contributed by atoms with Crippen molar-refractivity contribution in [2.24, 2.45) is 11.8 Å². The van der Waals surface area contributed by atoms with Gasteiger partial charge in [0, 0.05) is 31.2 Å². The number of hydrogen-bond donors (Lipinski definition) is 0. The van der Waals surface area contributed by atoms with E-state index in [4.69, 9.17) is 0 Å². The maximum atomic E-state index is 4.07. The predicted octanol–water partition coefficient (Wildman–Crippen LogP) is 3.17. The minimum absolute atomic E-state index is 0.929. The highest BCUT2D eigenvalue weighted by atomic mass is 15.2. The van der Waals surface area contributed by atoms with E-state index in [1.165, 1.54) is 43.6 Å². The van der Waals surface area contributed by atoms with Gasteiger partial charge in [-0.3, -0.25) is 4.98 Å². The summed E-state index contributed by atoms with van der Waals surface area (Å²) < 4.78 is 0. The smallest absolute Gasteiger partial charge is 0.0273 e. The Kier molecular flexibility index (Phi) is 2.87. The van der Waals surface area contributed by atoms with E-state index in [2.05, 4.69) is 35.0 Å². The summed E-state index contributed by atoms with van der Waals surface area (Å²) in [6.07, 6.45) is 10.1. The zero-order valence-corrected chi connectivity index (χ0v) is 10.5. The average molecular weight is 228 g/mol. The van der Waals surface area contributed by atoms with Crippen LogP contribution < -0.4 is 0 Å². The van der Waals surface area contributed by atoms with Gasteiger partial charge in [0.15, 0.2) is 0 Å². The van der Waals surface area contributed by atoms with Crippen molar-refractivity contribution in [2.45, 2.75) is 26.2 Å². The largest absolute Gasteiger partial charge is 0.374 e. The molecule has 2 nitrogen and oxygen atoms in total. The van der Waals surface area contributed by atoms with E-state index in [9.17, 15) is 0 Å². The summed E-state index contributed by atoms with van der Waals surface area (Å²) in [5.41, 5.74) is 2.83. The van der Waals surface area contributed by atoms with Crippen molar-refractivity contribution >= 4 is 6.08 Å². The number of pyridine rings is 1. The van der Waals surface area contributed by atoms with Gasteiger partial charge in [-0.25, -0.2) is 0 Å². The Morgan fingerprint density at radius 1 is 1.41 bits per heavy atom. The molecule has 17 heavy (non-hydrogen) atoms. The SMILES string of the molecule is CC[C@H]1CN2CC[C@H]1C/C2=C/c1ccncc1. The molecule has 0 saturated carbocycles. The Labute approximate surface area is 103 Å². The first-order valence-electron chi connectivity index (χ1n) is 6.72. The first-order valence-corrected chi connectivity index (χ1v) is 6.72. The lowest BCUT2D eigenvalue weighted by Crippen LogP contribution is -2.45. The lowest BCUT2D eigenvalue weighted by atomic mass is 9.76. The van der Waals surface area contributed by atoms with E-state index in [0.29, 0.717) is 0 Å². The third-order valence-corrected chi connectivity index (χ3v) is 4.33. The number of allylic oxidation sites excluding steroid dienone is 1. The van der Waals surface area contributed by atoms with E-state index in [0.717, 1.165) is 11.8 Å². The molecule has 0 unspecified atom stereocenters. The molecule has 4 rings (SSSR count). The highest BCUT2D eigenvalue weighted by Crippen LogP contribution is 2.40. The highest BCUT2D eigenvalue weighted by Gasteiger charge is 2.35. The van der Waals surface area contributed by atoms with Crippen LogP contribution in [0.5, 0.6) is 0 Å². The van der Waals surface area contributed by atoms with Crippen LogP contribution in [0.2, 0.25) is 0 Å². The van der Waals surface area contributed by atoms with Gasteiger partial charge in [0.1, 0.15) is 0 Å². The molecule has 0 radical (unpaired) electrons. The fraction of sp³-hybridized carbons (Fsp3) is 0.533. The van der Waals surface area contributed by atoms with Crippen LogP contribution in [0.25, 0.3) is 6.08 Å². The molecule has 0 N–H and O–H groups in total. The minimum Gasteiger partial charge on any atom is -0.374 e. The van der Waals surface area contributed by atoms with Crippen molar-refractivity contribution < 1.29 is 0 Å². The zero-order chi connectivity index (χ0) is 11.7. The van der Waals surface area contributed by atoms with E-state index < -0.39 is 0 Å². The first kappa shape index (κ1) is 10.8. The molecule has 3 aliphatic heterocycles. The molecule has 4 heterocycles. The van der Waals surface area contributed by atoms with E-state index in [1.54, 1.807) is 0 Å². The number of piperidine rings is 3. The number of hydrogen-bond acceptors (Lipinski definition) is 2. The molecular formula is C15H20N2. The van der Waals surface area contributed by atoms with Crippen molar-refractivity contribution in [1.82, 2.24) is 9.88 Å². The normalized spacial score (nSPS) is 29.9. The van der Waals surface area contributed by atoms with Gasteiger partial charge in [0.05, 0.1) is 0 Å². The van der Waals surface area contributed by atoms with Gasteiger partial charge < -0.3 is 4.90 Å². The van der Waals surface area contributed by atoms with Crippen molar-refractivity contribution in [2.75, 3.05) is 13.1 Å². The number of fused-ring (bicyclic) bond motifs is 3. The van der Waals surface area contributed by atoms with E-state index in [-0.39, 0.29) is 0 Å². The number of nitrogens with zero attached hydrogens (tertiary/aromatic N) is 2. The predicted molar refractivity (Wildman–Crippen MR) is 70.3 cm³/mol. The molecule has 1 aromatic heterocycles. The second kappa shape index (κ2) is 4.52. The Balaban J connectivity index is 1.81. The van der Waals surface area contributed by atoms with Crippen molar-refractivity contribution in [3.63, 3.8) is 0 Å². The van der Waals surface area contributed by atoms with E-state index in [1.807, 2.05) is 12.4 Å². The van der Waals surface area contributed by atoms with Crippen LogP contribution in [-0.4, -0.2) is 23.0 Å². The lowest BCUT2D eigenvalue weighted by Gasteiger charge is -2.47. The van der Waals surface area contributed by atoms with Crippen LogP contribution >= 0.6 is 0 Å². The second-order valence-corrected chi connectivity index (χ2v) is 5.28. The van der Waals surface area contributed by atoms with Gasteiger partial charge in [-0.05, 0) is 48.4 Å². The maximum Gasteiger partial charge on any atom is 0.0273 e. The van der Waals surface area contributed by atoms with Gasteiger partial charge in [-0.2, -0.15) is 0 Å². The molecule has 0 aliphatic carbocycles. The van der Waals surface area contributed by atoms with Crippen molar-refractivity contribution in [3.05, 3.63) is 35.8 Å². The van der Waals surface area contributed by atoms with Crippen LogP contribution in [0.4, 0.5) is 0 Å². The van der Waals surface area contributed by atoms with Gasteiger partial charge in [0.25, 0.3) is 0 Å². The van der Waals surface area contributed by atoms with Crippen molar-refractivity contribution in [3.8, 4) is 0 Å². The molecule has 2 atom stereocenters. The summed E-state index contributed by atoms with van der Waals surface area (Å²) >= 11 is 0. The number of aromatic nitrogens is 1. The molecule has 2 bridgehead atoms. The summed E-state index contributed by atoms with van der Waals surface area (Å²) in [6, 6.07) is 4.18. The molecule has 0 spiro atoms. The minimum atomic E-state index is 0.929. The molecule has 2 heteroatoms. The lowest BCUT2D eigenvalue weighted by molar-refractivity contribution is 0.0903. The van der Waals surface area contributed by atoms with Crippen LogP contribution in [0.3, 0.4) is 0 Å². The van der Waals surface area contributed by atoms with Crippen molar-refractivity contribution in [1.29, 1.82) is 0 Å². The molecule has 3 aliphatic rings. The number of rotatable bonds is 2. The molecular weight excluding hydrogens is 208 g/mol. The maximum absolute atomic E-state index is 4.07. The Morgan fingerprint density at radius 2 is 2.24 bits per heavy atom. The Hall–Kier alpha value is -1.31. The molecule has 90 valence electrons. The van der Waals surface area contributed by atoms with Crippen LogP contribution in [0, 0.1) is 11.8 Å². The summed E-state index contributed by atoms with van der Waals surface area (Å²) in [6.45, 7) is 4.87. The average Bonchev–Trinajstić information content (AvgIpc) is 2.40. The topological polar surface area (TPSA) is 16.1 Å². The summed E-state index contributed by atoms with van der Waals surface area (Å²) in [5, 5.41) is 0. The van der Waals surface area contributed by atoms with Gasteiger partial charge >= 0.3 is 0 Å². The standard InChI is InChI=1S/C15H20N2/c1-2-13-11-17-8-5-14(13)10-15(17)9-12-3-6-16-7-4-12/h3-4,6-7,9,13-14H,2,5,8,10-11H2,1H3/b15-9-/t13-,14-/m0/s1. The highest BCUT2D eigenvalue weighted by molar-refractivity contribution is 5.52. The summed E-state index contributed by atoms with van der Waals surface area (Å²) in [5.74, 6) is 1.86. The third kappa shape index (κ3) is 2.08. The van der Waals surface area contributed by atoms with Crippen LogP contribution in [0.1, 0.15) is 31.7 Å². The Morgan fingerprint density at radius 3 is 2.88 bits per heavy atom. The fourth-order valence-corrected chi connectivity index (χ4v) is 3.27. The van der Waals surface area contributed by atoms with Gasteiger partial charge in [-0.15, -0.1) is 0 Å². The Bertz CT molecular complexity index is 410. The fourth-order valence-electron chi connectivity index (χ4n) is 3.27. The molecule has 0 amide bonds. The van der Waals surface area contributed by atoms with Gasteiger partial charge in [0.2, 0.25) is 0 Å².